The van der Waals surface area contributed by atoms with Gasteiger partial charge in [0.15, 0.2) is 0 Å². The van der Waals surface area contributed by atoms with E-state index in [2.05, 4.69) is 59.3 Å². The van der Waals surface area contributed by atoms with E-state index in [1.165, 1.54) is 16.9 Å². The molecule has 2 rings (SSSR count). The van der Waals surface area contributed by atoms with Crippen LogP contribution < -0.4 is 0 Å². The van der Waals surface area contributed by atoms with Gasteiger partial charge in [0.25, 0.3) is 0 Å². The zero-order valence-electron chi connectivity index (χ0n) is 19.9. The Morgan fingerprint density at radius 2 is 2.07 bits per heavy atom. The monoisotopic (exact) mass is 401 g/mol. The molecule has 2 heteroatoms. The van der Waals surface area contributed by atoms with E-state index in [0.717, 1.165) is 64.2 Å². The predicted molar refractivity (Wildman–Crippen MR) is 125 cm³/mol. The van der Waals surface area contributed by atoms with Crippen LogP contribution in [-0.4, -0.2) is 16.3 Å². The third-order valence-electron chi connectivity index (χ3n) is 7.06. The van der Waals surface area contributed by atoms with Gasteiger partial charge in [0.1, 0.15) is 11.4 Å². The summed E-state index contributed by atoms with van der Waals surface area (Å²) in [6.07, 6.45) is 19.8. The van der Waals surface area contributed by atoms with Crippen LogP contribution in [0.15, 0.2) is 35.1 Å². The number of hydrogen-bond donors (Lipinski definition) is 1. The second kappa shape index (κ2) is 10.8. The number of ether oxygens (including phenoxy) is 1. The number of aliphatic hydroxyl groups is 1. The van der Waals surface area contributed by atoms with Crippen LogP contribution >= 0.6 is 0 Å². The van der Waals surface area contributed by atoms with Crippen LogP contribution in [0.25, 0.3) is 0 Å². The topological polar surface area (TPSA) is 29.5 Å². The van der Waals surface area contributed by atoms with E-state index in [1.54, 1.807) is 0 Å². The van der Waals surface area contributed by atoms with Gasteiger partial charge < -0.3 is 16.3 Å². The first-order valence-corrected chi connectivity index (χ1v) is 11.9. The van der Waals surface area contributed by atoms with E-state index >= 15 is 0 Å². The molecule has 0 aromatic heterocycles. The van der Waals surface area contributed by atoms with Crippen molar-refractivity contribution in [3.8, 4) is 0 Å². The lowest BCUT2D eigenvalue weighted by Gasteiger charge is -2.41. The van der Waals surface area contributed by atoms with Crippen LogP contribution in [-0.2, 0) is 4.74 Å². The van der Waals surface area contributed by atoms with Crippen molar-refractivity contribution in [1.29, 1.82) is 0 Å². The summed E-state index contributed by atoms with van der Waals surface area (Å²) >= 11 is 0. The summed E-state index contributed by atoms with van der Waals surface area (Å²) < 4.78 is 6.58. The van der Waals surface area contributed by atoms with E-state index < -0.39 is 5.60 Å². The summed E-state index contributed by atoms with van der Waals surface area (Å²) in [6, 6.07) is 0. The van der Waals surface area contributed by atoms with Crippen LogP contribution in [0.4, 0.5) is 0 Å². The van der Waals surface area contributed by atoms with Crippen molar-refractivity contribution in [1.82, 2.24) is 0 Å². The molecule has 4 atom stereocenters. The molecule has 0 saturated heterocycles. The van der Waals surface area contributed by atoms with Crippen LogP contribution in [0, 0.1) is 18.3 Å². The van der Waals surface area contributed by atoms with Crippen molar-refractivity contribution in [2.75, 3.05) is 0 Å². The molecule has 166 valence electrons. The molecule has 0 amide bonds. The number of rotatable bonds is 11. The molecule has 0 aromatic carbocycles. The zero-order valence-corrected chi connectivity index (χ0v) is 19.9. The Kier molecular flexibility index (Phi) is 9.07. The first-order valence-electron chi connectivity index (χ1n) is 11.9. The van der Waals surface area contributed by atoms with Gasteiger partial charge in [0.05, 0.1) is 5.60 Å². The SMILES string of the molecule is C[CH-]CCCC(C)(O)CCC/C(C)=C/CCC1(C)CCC2=C(O1)C(C)C(C)C=C2. The van der Waals surface area contributed by atoms with Gasteiger partial charge in [-0.15, -0.1) is 0 Å². The van der Waals surface area contributed by atoms with Crippen molar-refractivity contribution in [2.45, 2.75) is 117 Å². The zero-order chi connectivity index (χ0) is 21.5. The first kappa shape index (κ1) is 24.3. The van der Waals surface area contributed by atoms with Crippen LogP contribution in [0.2, 0.25) is 0 Å². The van der Waals surface area contributed by atoms with Crippen molar-refractivity contribution >= 4 is 0 Å². The lowest BCUT2D eigenvalue weighted by Crippen LogP contribution is -2.35. The van der Waals surface area contributed by atoms with Gasteiger partial charge in [-0.3, -0.25) is 0 Å². The summed E-state index contributed by atoms with van der Waals surface area (Å²) in [4.78, 5) is 0. The van der Waals surface area contributed by atoms with E-state index in [9.17, 15) is 5.11 Å². The van der Waals surface area contributed by atoms with Crippen molar-refractivity contribution in [3.63, 3.8) is 0 Å². The summed E-state index contributed by atoms with van der Waals surface area (Å²) in [5.41, 5.74) is 2.32. The first-order chi connectivity index (χ1) is 13.7. The predicted octanol–water partition coefficient (Wildman–Crippen LogP) is 7.69. The number of allylic oxidation sites excluding steroid dienone is 6. The molecule has 0 fully saturated rings. The molecular formula is C27H45O2-. The summed E-state index contributed by atoms with van der Waals surface area (Å²) in [6.45, 7) is 13.2. The molecule has 0 aromatic rings. The average molecular weight is 402 g/mol. The summed E-state index contributed by atoms with van der Waals surface area (Å²) in [7, 11) is 0. The molecular weight excluding hydrogens is 356 g/mol. The molecule has 1 N–H and O–H groups in total. The summed E-state index contributed by atoms with van der Waals surface area (Å²) in [5.74, 6) is 2.31. The normalized spacial score (nSPS) is 29.4. The van der Waals surface area contributed by atoms with E-state index in [4.69, 9.17) is 4.74 Å². The standard InChI is InChI=1S/C27H45O2/c1-7-8-9-17-26(5,28)18-10-12-21(2)13-11-19-27(6)20-16-24-15-14-22(3)23(4)25(24)29-27/h7,13-15,22-23,28H,8-12,16-20H2,1-6H3/q-1/b21-13+. The van der Waals surface area contributed by atoms with Gasteiger partial charge in [0.2, 0.25) is 0 Å². The molecule has 0 bridgehead atoms. The smallest absolute Gasteiger partial charge is 0.106 e. The Bertz CT molecular complexity index is 610. The van der Waals surface area contributed by atoms with Crippen molar-refractivity contribution in [2.24, 2.45) is 11.8 Å². The maximum absolute atomic E-state index is 10.5. The fourth-order valence-electron chi connectivity index (χ4n) is 4.59. The number of unbranched alkanes of at least 4 members (excludes halogenated alkanes) is 2. The molecule has 1 aliphatic carbocycles. The van der Waals surface area contributed by atoms with Gasteiger partial charge in [0, 0.05) is 5.92 Å². The highest BCUT2D eigenvalue weighted by Gasteiger charge is 2.35. The van der Waals surface area contributed by atoms with Gasteiger partial charge in [-0.25, -0.2) is 0 Å². The van der Waals surface area contributed by atoms with E-state index in [-0.39, 0.29) is 5.60 Å². The average Bonchev–Trinajstić information content (AvgIpc) is 2.65. The third-order valence-corrected chi connectivity index (χ3v) is 7.06. The molecule has 0 spiro atoms. The van der Waals surface area contributed by atoms with E-state index in [0.29, 0.717) is 11.8 Å². The molecule has 1 aliphatic heterocycles. The van der Waals surface area contributed by atoms with Gasteiger partial charge in [-0.1, -0.05) is 44.1 Å². The fourth-order valence-corrected chi connectivity index (χ4v) is 4.59. The second-order valence-electron chi connectivity index (χ2n) is 10.2. The van der Waals surface area contributed by atoms with Crippen molar-refractivity contribution < 1.29 is 9.84 Å². The van der Waals surface area contributed by atoms with Crippen molar-refractivity contribution in [3.05, 3.63) is 41.6 Å². The second-order valence-corrected chi connectivity index (χ2v) is 10.2. The molecule has 0 radical (unpaired) electrons. The Balaban J connectivity index is 1.75. The highest BCUT2D eigenvalue weighted by atomic mass is 16.5. The summed E-state index contributed by atoms with van der Waals surface area (Å²) in [5, 5.41) is 10.5. The highest BCUT2D eigenvalue weighted by Crippen LogP contribution is 2.42. The lowest BCUT2D eigenvalue weighted by molar-refractivity contribution is -0.0261. The largest absolute Gasteiger partial charge is 0.491 e. The number of hydrogen-bond acceptors (Lipinski definition) is 2. The van der Waals surface area contributed by atoms with E-state index in [1.807, 2.05) is 6.92 Å². The van der Waals surface area contributed by atoms with Crippen LogP contribution in [0.1, 0.15) is 106 Å². The minimum atomic E-state index is -0.513. The molecule has 0 saturated carbocycles. The highest BCUT2D eigenvalue weighted by molar-refractivity contribution is 5.31. The Morgan fingerprint density at radius 3 is 2.79 bits per heavy atom. The van der Waals surface area contributed by atoms with Crippen LogP contribution in [0.3, 0.4) is 0 Å². The van der Waals surface area contributed by atoms with Crippen LogP contribution in [0.5, 0.6) is 0 Å². The molecule has 4 unspecified atom stereocenters. The third kappa shape index (κ3) is 7.63. The molecule has 2 nitrogen and oxygen atoms in total. The molecule has 29 heavy (non-hydrogen) atoms. The van der Waals surface area contributed by atoms with Gasteiger partial charge >= 0.3 is 0 Å². The van der Waals surface area contributed by atoms with Gasteiger partial charge in [-0.05, 0) is 83.6 Å². The maximum Gasteiger partial charge on any atom is 0.106 e. The minimum Gasteiger partial charge on any atom is -0.491 e. The fraction of sp³-hybridized carbons (Fsp3) is 0.741. The quantitative estimate of drug-likeness (QED) is 0.218. The Hall–Kier alpha value is -1.02. The Labute approximate surface area is 180 Å². The maximum atomic E-state index is 10.5. The minimum absolute atomic E-state index is 0.0330. The molecule has 2 aliphatic rings. The molecule has 1 heterocycles. The van der Waals surface area contributed by atoms with Gasteiger partial charge in [-0.2, -0.15) is 13.3 Å². The lowest BCUT2D eigenvalue weighted by atomic mass is 9.80. The Morgan fingerprint density at radius 1 is 1.34 bits per heavy atom.